The summed E-state index contributed by atoms with van der Waals surface area (Å²) in [4.78, 5) is 11.2. The first kappa shape index (κ1) is 19.8. The minimum absolute atomic E-state index is 0.000652. The van der Waals surface area contributed by atoms with Crippen LogP contribution < -0.4 is 8.92 Å². The van der Waals surface area contributed by atoms with Gasteiger partial charge in [0.15, 0.2) is 11.5 Å². The van der Waals surface area contributed by atoms with Crippen molar-refractivity contribution in [1.29, 1.82) is 0 Å². The van der Waals surface area contributed by atoms with Crippen molar-refractivity contribution in [2.45, 2.75) is 11.8 Å². The number of hydrogen-bond donors (Lipinski definition) is 0. The molecule has 2 aromatic carbocycles. The molecular formula is C18H17ClO6S. The van der Waals surface area contributed by atoms with E-state index in [1.165, 1.54) is 43.5 Å². The van der Waals surface area contributed by atoms with E-state index in [0.717, 1.165) is 0 Å². The molecule has 0 aliphatic heterocycles. The average Bonchev–Trinajstić information content (AvgIpc) is 2.61. The van der Waals surface area contributed by atoms with E-state index in [9.17, 15) is 13.2 Å². The fraction of sp³-hybridized carbons (Fsp3) is 0.167. The first-order valence-corrected chi connectivity index (χ1v) is 9.38. The lowest BCUT2D eigenvalue weighted by Gasteiger charge is -2.12. The number of benzene rings is 2. The maximum atomic E-state index is 12.4. The van der Waals surface area contributed by atoms with Crippen molar-refractivity contribution in [3.05, 3.63) is 59.1 Å². The van der Waals surface area contributed by atoms with Crippen LogP contribution in [0.1, 0.15) is 12.5 Å². The minimum Gasteiger partial charge on any atom is -0.493 e. The molecule has 2 rings (SSSR count). The fourth-order valence-electron chi connectivity index (χ4n) is 2.02. The third-order valence-corrected chi connectivity index (χ3v) is 4.93. The number of rotatable bonds is 7. The van der Waals surface area contributed by atoms with E-state index >= 15 is 0 Å². The Labute approximate surface area is 157 Å². The van der Waals surface area contributed by atoms with Gasteiger partial charge in [-0.2, -0.15) is 8.42 Å². The van der Waals surface area contributed by atoms with E-state index < -0.39 is 16.1 Å². The number of halogens is 1. The van der Waals surface area contributed by atoms with Crippen LogP contribution in [-0.4, -0.2) is 28.1 Å². The summed E-state index contributed by atoms with van der Waals surface area (Å²) in [6.07, 6.45) is 2.78. The summed E-state index contributed by atoms with van der Waals surface area (Å²) in [5.41, 5.74) is 0.609. The van der Waals surface area contributed by atoms with Crippen LogP contribution in [0.5, 0.6) is 11.5 Å². The Morgan fingerprint density at radius 2 is 1.88 bits per heavy atom. The number of ether oxygens (including phenoxy) is 2. The molecule has 2 aromatic rings. The summed E-state index contributed by atoms with van der Waals surface area (Å²) in [6.45, 7) is 1.99. The molecule has 138 valence electrons. The second kappa shape index (κ2) is 8.73. The topological polar surface area (TPSA) is 78.9 Å². The Morgan fingerprint density at radius 1 is 1.15 bits per heavy atom. The van der Waals surface area contributed by atoms with Crippen LogP contribution in [0.3, 0.4) is 0 Å². The van der Waals surface area contributed by atoms with Gasteiger partial charge in [0.1, 0.15) is 4.90 Å². The lowest BCUT2D eigenvalue weighted by molar-refractivity contribution is -0.137. The summed E-state index contributed by atoms with van der Waals surface area (Å²) < 4.78 is 40.0. The number of carbonyl (C=O) groups excluding carboxylic acids is 1. The molecule has 0 amide bonds. The van der Waals surface area contributed by atoms with E-state index in [1.54, 1.807) is 25.1 Å². The third kappa shape index (κ3) is 5.00. The summed E-state index contributed by atoms with van der Waals surface area (Å²) in [5.74, 6) is -0.291. The molecule has 6 nitrogen and oxygen atoms in total. The zero-order chi connectivity index (χ0) is 19.2. The Morgan fingerprint density at radius 3 is 2.54 bits per heavy atom. The molecule has 0 aliphatic carbocycles. The summed E-state index contributed by atoms with van der Waals surface area (Å²) in [7, 11) is -2.75. The maximum Gasteiger partial charge on any atom is 0.340 e. The first-order chi connectivity index (χ1) is 12.4. The molecule has 0 heterocycles. The molecule has 0 saturated heterocycles. The van der Waals surface area contributed by atoms with Crippen molar-refractivity contribution < 1.29 is 26.9 Å². The van der Waals surface area contributed by atoms with E-state index in [2.05, 4.69) is 0 Å². The summed E-state index contributed by atoms with van der Waals surface area (Å²) in [5, 5.41) is 0.0560. The molecule has 0 N–H and O–H groups in total. The van der Waals surface area contributed by atoms with Gasteiger partial charge in [-0.3, -0.25) is 0 Å². The molecule has 0 aromatic heterocycles. The van der Waals surface area contributed by atoms with E-state index in [1.807, 2.05) is 0 Å². The zero-order valence-corrected chi connectivity index (χ0v) is 15.7. The molecule has 0 spiro atoms. The third-order valence-electron chi connectivity index (χ3n) is 3.19. The lowest BCUT2D eigenvalue weighted by Crippen LogP contribution is -2.11. The highest BCUT2D eigenvalue weighted by molar-refractivity contribution is 7.87. The largest absolute Gasteiger partial charge is 0.493 e. The molecule has 8 heteroatoms. The molecule has 0 atom stereocenters. The average molecular weight is 397 g/mol. The van der Waals surface area contributed by atoms with Crippen molar-refractivity contribution in [2.24, 2.45) is 0 Å². The Hall–Kier alpha value is -2.51. The van der Waals surface area contributed by atoms with Gasteiger partial charge in [0.2, 0.25) is 0 Å². The molecule has 0 aliphatic rings. The van der Waals surface area contributed by atoms with Crippen molar-refractivity contribution in [3.63, 3.8) is 0 Å². The number of esters is 1. The van der Waals surface area contributed by atoms with E-state index in [-0.39, 0.29) is 28.0 Å². The van der Waals surface area contributed by atoms with Crippen LogP contribution in [0.2, 0.25) is 5.02 Å². The van der Waals surface area contributed by atoms with E-state index in [0.29, 0.717) is 5.56 Å². The van der Waals surface area contributed by atoms with E-state index in [4.69, 9.17) is 25.3 Å². The summed E-state index contributed by atoms with van der Waals surface area (Å²) in [6, 6.07) is 10.5. The Balaban J connectivity index is 2.28. The first-order valence-electron chi connectivity index (χ1n) is 7.59. The number of hydrogen-bond acceptors (Lipinski definition) is 6. The van der Waals surface area contributed by atoms with Gasteiger partial charge in [0, 0.05) is 6.08 Å². The maximum absolute atomic E-state index is 12.4. The monoisotopic (exact) mass is 396 g/mol. The fourth-order valence-corrected chi connectivity index (χ4v) is 3.46. The smallest absolute Gasteiger partial charge is 0.340 e. The van der Waals surface area contributed by atoms with Crippen LogP contribution >= 0.6 is 11.6 Å². The molecule has 0 radical (unpaired) electrons. The quantitative estimate of drug-likeness (QED) is 0.403. The van der Waals surface area contributed by atoms with Gasteiger partial charge >= 0.3 is 16.1 Å². The van der Waals surface area contributed by atoms with Crippen LogP contribution in [0.4, 0.5) is 0 Å². The van der Waals surface area contributed by atoms with Crippen molar-refractivity contribution in [1.82, 2.24) is 0 Å². The van der Waals surface area contributed by atoms with Gasteiger partial charge in [-0.05, 0) is 42.8 Å². The molecule has 0 bridgehead atoms. The normalized spacial score (nSPS) is 11.3. The standard InChI is InChI=1S/C18H17ClO6S/c1-3-24-18(20)11-9-13-8-10-15(16(12-13)23-2)25-26(21,22)17-7-5-4-6-14(17)19/h4-12H,3H2,1-2H3. The highest BCUT2D eigenvalue weighted by Crippen LogP contribution is 2.32. The highest BCUT2D eigenvalue weighted by atomic mass is 35.5. The second-order valence-electron chi connectivity index (χ2n) is 4.96. The molecular weight excluding hydrogens is 380 g/mol. The van der Waals surface area contributed by atoms with Gasteiger partial charge in [0.25, 0.3) is 0 Å². The second-order valence-corrected chi connectivity index (χ2v) is 6.89. The Bertz CT molecular complexity index is 921. The zero-order valence-electron chi connectivity index (χ0n) is 14.1. The van der Waals surface area contributed by atoms with Gasteiger partial charge in [-0.15, -0.1) is 0 Å². The summed E-state index contributed by atoms with van der Waals surface area (Å²) >= 11 is 5.93. The molecule has 0 fully saturated rings. The van der Waals surface area contributed by atoms with Gasteiger partial charge in [-0.1, -0.05) is 29.8 Å². The number of methoxy groups -OCH3 is 1. The predicted molar refractivity (Wildman–Crippen MR) is 97.9 cm³/mol. The number of carbonyl (C=O) groups is 1. The van der Waals surface area contributed by atoms with Gasteiger partial charge < -0.3 is 13.7 Å². The molecule has 0 unspecified atom stereocenters. The Kier molecular flexibility index (Phi) is 6.65. The molecule has 26 heavy (non-hydrogen) atoms. The van der Waals surface area contributed by atoms with Crippen molar-refractivity contribution >= 4 is 33.8 Å². The highest BCUT2D eigenvalue weighted by Gasteiger charge is 2.21. The SMILES string of the molecule is CCOC(=O)C=Cc1ccc(OS(=O)(=O)c2ccccc2Cl)c(OC)c1. The van der Waals surface area contributed by atoms with Crippen LogP contribution in [0, 0.1) is 0 Å². The van der Waals surface area contributed by atoms with Crippen LogP contribution in [-0.2, 0) is 19.6 Å². The van der Waals surface area contributed by atoms with Crippen molar-refractivity contribution in [2.75, 3.05) is 13.7 Å². The van der Waals surface area contributed by atoms with Gasteiger partial charge in [0.05, 0.1) is 18.7 Å². The van der Waals surface area contributed by atoms with Gasteiger partial charge in [-0.25, -0.2) is 4.79 Å². The van der Waals surface area contributed by atoms with Crippen molar-refractivity contribution in [3.8, 4) is 11.5 Å². The van der Waals surface area contributed by atoms with Crippen LogP contribution in [0.15, 0.2) is 53.4 Å². The van der Waals surface area contributed by atoms with Crippen LogP contribution in [0.25, 0.3) is 6.08 Å². The minimum atomic E-state index is -4.13. The lowest BCUT2D eigenvalue weighted by atomic mass is 10.2. The predicted octanol–water partition coefficient (Wildman–Crippen LogP) is 3.69. The molecule has 0 saturated carbocycles.